The molecule has 0 aliphatic heterocycles. The van der Waals surface area contributed by atoms with Crippen LogP contribution in [0.5, 0.6) is 0 Å². The molecule has 2 rings (SSSR count). The van der Waals surface area contributed by atoms with Crippen molar-refractivity contribution in [1.82, 2.24) is 0 Å². The molecule has 1 atom stereocenters. The molecular weight excluding hydrogens is 190 g/mol. The van der Waals surface area contributed by atoms with Crippen LogP contribution in [0.15, 0.2) is 0 Å². The molecule has 0 aromatic carbocycles. The molecule has 1 heterocycles. The highest BCUT2D eigenvalue weighted by Gasteiger charge is 2.25. The van der Waals surface area contributed by atoms with Gasteiger partial charge in [-0.15, -0.1) is 11.3 Å². The SMILES string of the molecule is CCc1c(N)sc2c1C(CC)CCC2. The first-order valence-corrected chi connectivity index (χ1v) is 6.49. The van der Waals surface area contributed by atoms with Gasteiger partial charge >= 0.3 is 0 Å². The summed E-state index contributed by atoms with van der Waals surface area (Å²) in [5.41, 5.74) is 9.15. The first-order chi connectivity index (χ1) is 6.77. The van der Waals surface area contributed by atoms with E-state index in [-0.39, 0.29) is 0 Å². The Balaban J connectivity index is 2.47. The molecule has 2 N–H and O–H groups in total. The van der Waals surface area contributed by atoms with Crippen molar-refractivity contribution in [3.63, 3.8) is 0 Å². The molecule has 0 amide bonds. The maximum absolute atomic E-state index is 6.07. The van der Waals surface area contributed by atoms with Gasteiger partial charge in [-0.3, -0.25) is 0 Å². The molecule has 0 fully saturated rings. The zero-order chi connectivity index (χ0) is 10.1. The number of nitrogens with two attached hydrogens (primary N) is 1. The minimum Gasteiger partial charge on any atom is -0.390 e. The third-order valence-electron chi connectivity index (χ3n) is 3.37. The van der Waals surface area contributed by atoms with Crippen molar-refractivity contribution < 1.29 is 0 Å². The van der Waals surface area contributed by atoms with Crippen molar-refractivity contribution >= 4 is 16.3 Å². The fourth-order valence-corrected chi connectivity index (χ4v) is 3.93. The van der Waals surface area contributed by atoms with Crippen molar-refractivity contribution in [2.45, 2.75) is 51.9 Å². The molecule has 2 heteroatoms. The maximum atomic E-state index is 6.07. The van der Waals surface area contributed by atoms with Gasteiger partial charge in [-0.1, -0.05) is 13.8 Å². The topological polar surface area (TPSA) is 26.0 Å². The zero-order valence-corrected chi connectivity index (χ0v) is 9.91. The van der Waals surface area contributed by atoms with Crippen molar-refractivity contribution in [3.05, 3.63) is 16.0 Å². The summed E-state index contributed by atoms with van der Waals surface area (Å²) < 4.78 is 0. The second kappa shape index (κ2) is 3.93. The first kappa shape index (κ1) is 10.0. The van der Waals surface area contributed by atoms with Gasteiger partial charge in [0.05, 0.1) is 5.00 Å². The number of aryl methyl sites for hydroxylation is 1. The number of hydrogen-bond acceptors (Lipinski definition) is 2. The highest BCUT2D eigenvalue weighted by atomic mass is 32.1. The summed E-state index contributed by atoms with van der Waals surface area (Å²) in [6.07, 6.45) is 6.37. The Labute approximate surface area is 90.3 Å². The van der Waals surface area contributed by atoms with E-state index in [1.54, 1.807) is 10.4 Å². The predicted octanol–water partition coefficient (Wildman–Crippen LogP) is 3.72. The molecule has 1 aliphatic carbocycles. The van der Waals surface area contributed by atoms with E-state index in [2.05, 4.69) is 13.8 Å². The summed E-state index contributed by atoms with van der Waals surface area (Å²) >= 11 is 1.84. The highest BCUT2D eigenvalue weighted by molar-refractivity contribution is 7.16. The molecule has 14 heavy (non-hydrogen) atoms. The van der Waals surface area contributed by atoms with Crippen LogP contribution < -0.4 is 5.73 Å². The second-order valence-corrected chi connectivity index (χ2v) is 5.27. The largest absolute Gasteiger partial charge is 0.390 e. The third-order valence-corrected chi connectivity index (χ3v) is 4.50. The normalized spacial score (nSPS) is 20.9. The Bertz CT molecular complexity index is 327. The average molecular weight is 209 g/mol. The van der Waals surface area contributed by atoms with E-state index in [1.807, 2.05) is 11.3 Å². The number of hydrogen-bond donors (Lipinski definition) is 1. The smallest absolute Gasteiger partial charge is 0.0894 e. The molecule has 0 radical (unpaired) electrons. The molecule has 1 aromatic rings. The predicted molar refractivity (Wildman–Crippen MR) is 64.1 cm³/mol. The quantitative estimate of drug-likeness (QED) is 0.789. The minimum atomic E-state index is 0.794. The summed E-state index contributed by atoms with van der Waals surface area (Å²) in [7, 11) is 0. The summed E-state index contributed by atoms with van der Waals surface area (Å²) in [5, 5.41) is 1.08. The Morgan fingerprint density at radius 1 is 1.43 bits per heavy atom. The van der Waals surface area contributed by atoms with Gasteiger partial charge in [-0.25, -0.2) is 0 Å². The summed E-state index contributed by atoms with van der Waals surface area (Å²) in [4.78, 5) is 1.58. The van der Waals surface area contributed by atoms with Gasteiger partial charge in [-0.2, -0.15) is 0 Å². The summed E-state index contributed by atoms with van der Waals surface area (Å²) in [6, 6.07) is 0. The van der Waals surface area contributed by atoms with Crippen LogP contribution in [0.25, 0.3) is 0 Å². The summed E-state index contributed by atoms with van der Waals surface area (Å²) in [6.45, 7) is 4.52. The Morgan fingerprint density at radius 3 is 2.86 bits per heavy atom. The fourth-order valence-electron chi connectivity index (χ4n) is 2.64. The van der Waals surface area contributed by atoms with Gasteiger partial charge in [0.25, 0.3) is 0 Å². The molecule has 1 aromatic heterocycles. The van der Waals surface area contributed by atoms with Crippen LogP contribution in [0, 0.1) is 0 Å². The van der Waals surface area contributed by atoms with Crippen LogP contribution in [0.1, 0.15) is 55.0 Å². The third kappa shape index (κ3) is 1.46. The van der Waals surface area contributed by atoms with Gasteiger partial charge in [0, 0.05) is 4.88 Å². The number of fused-ring (bicyclic) bond motifs is 1. The van der Waals surface area contributed by atoms with Crippen LogP contribution in [-0.4, -0.2) is 0 Å². The van der Waals surface area contributed by atoms with E-state index in [1.165, 1.54) is 31.2 Å². The number of nitrogen functional groups attached to an aromatic ring is 1. The van der Waals surface area contributed by atoms with E-state index in [0.717, 1.165) is 17.3 Å². The molecule has 1 nitrogen and oxygen atoms in total. The highest BCUT2D eigenvalue weighted by Crippen LogP contribution is 2.43. The lowest BCUT2D eigenvalue weighted by molar-refractivity contribution is 0.542. The van der Waals surface area contributed by atoms with Crippen molar-refractivity contribution in [3.8, 4) is 0 Å². The molecule has 0 saturated carbocycles. The van der Waals surface area contributed by atoms with Crippen LogP contribution >= 0.6 is 11.3 Å². The van der Waals surface area contributed by atoms with Gasteiger partial charge < -0.3 is 5.73 Å². The van der Waals surface area contributed by atoms with Crippen molar-refractivity contribution in [2.24, 2.45) is 0 Å². The lowest BCUT2D eigenvalue weighted by Gasteiger charge is -2.22. The monoisotopic (exact) mass is 209 g/mol. The molecule has 0 saturated heterocycles. The zero-order valence-electron chi connectivity index (χ0n) is 9.10. The van der Waals surface area contributed by atoms with E-state index in [9.17, 15) is 0 Å². The van der Waals surface area contributed by atoms with E-state index in [0.29, 0.717) is 0 Å². The Morgan fingerprint density at radius 2 is 2.21 bits per heavy atom. The van der Waals surface area contributed by atoms with Gasteiger partial charge in [-0.05, 0) is 49.1 Å². The number of thiophene rings is 1. The lowest BCUT2D eigenvalue weighted by atomic mass is 9.83. The molecular formula is C12H19NS. The minimum absolute atomic E-state index is 0.794. The van der Waals surface area contributed by atoms with Crippen LogP contribution in [-0.2, 0) is 12.8 Å². The van der Waals surface area contributed by atoms with Crippen LogP contribution in [0.3, 0.4) is 0 Å². The fraction of sp³-hybridized carbons (Fsp3) is 0.667. The van der Waals surface area contributed by atoms with Gasteiger partial charge in [0.15, 0.2) is 0 Å². The number of anilines is 1. The average Bonchev–Trinajstić information content (AvgIpc) is 2.52. The Kier molecular flexibility index (Phi) is 2.82. The molecule has 1 unspecified atom stereocenters. The molecule has 0 spiro atoms. The van der Waals surface area contributed by atoms with Crippen molar-refractivity contribution in [2.75, 3.05) is 5.73 Å². The van der Waals surface area contributed by atoms with Gasteiger partial charge in [0.1, 0.15) is 0 Å². The van der Waals surface area contributed by atoms with Gasteiger partial charge in [0.2, 0.25) is 0 Å². The van der Waals surface area contributed by atoms with Crippen LogP contribution in [0.4, 0.5) is 5.00 Å². The molecule has 78 valence electrons. The molecule has 1 aliphatic rings. The first-order valence-electron chi connectivity index (χ1n) is 5.67. The van der Waals surface area contributed by atoms with E-state index >= 15 is 0 Å². The standard InChI is InChI=1S/C12H19NS/c1-3-8-6-5-7-10-11(8)9(4-2)12(13)14-10/h8H,3-7,13H2,1-2H3. The Hall–Kier alpha value is -0.500. The molecule has 0 bridgehead atoms. The second-order valence-electron chi connectivity index (χ2n) is 4.13. The van der Waals surface area contributed by atoms with Crippen LogP contribution in [0.2, 0.25) is 0 Å². The lowest BCUT2D eigenvalue weighted by Crippen LogP contribution is -2.08. The summed E-state index contributed by atoms with van der Waals surface area (Å²) in [5.74, 6) is 0.794. The van der Waals surface area contributed by atoms with E-state index in [4.69, 9.17) is 5.73 Å². The maximum Gasteiger partial charge on any atom is 0.0894 e. The van der Waals surface area contributed by atoms with Crippen molar-refractivity contribution in [1.29, 1.82) is 0 Å². The van der Waals surface area contributed by atoms with E-state index < -0.39 is 0 Å². The number of rotatable bonds is 2.